The van der Waals surface area contributed by atoms with Crippen molar-refractivity contribution in [3.63, 3.8) is 0 Å². The van der Waals surface area contributed by atoms with Gasteiger partial charge in [0, 0.05) is 30.3 Å². The zero-order chi connectivity index (χ0) is 22.2. The molecule has 2 amide bonds. The predicted octanol–water partition coefficient (Wildman–Crippen LogP) is 4.78. The number of aromatic nitrogens is 2. The molecule has 1 aromatic carbocycles. The van der Waals surface area contributed by atoms with Crippen molar-refractivity contribution in [2.75, 3.05) is 0 Å². The molecule has 1 saturated heterocycles. The predicted molar refractivity (Wildman–Crippen MR) is 116 cm³/mol. The van der Waals surface area contributed by atoms with Crippen LogP contribution in [0.3, 0.4) is 0 Å². The molecule has 2 N–H and O–H groups in total. The Hall–Kier alpha value is -2.12. The number of carbonyl (C=O) groups excluding carboxylic acids is 2. The fraction of sp³-hybridized carbons (Fsp3) is 0.500. The van der Waals surface area contributed by atoms with E-state index in [0.29, 0.717) is 19.4 Å². The number of rotatable bonds is 6. The van der Waals surface area contributed by atoms with Crippen molar-refractivity contribution >= 4 is 35.0 Å². The molecule has 2 fully saturated rings. The van der Waals surface area contributed by atoms with Gasteiger partial charge in [0.05, 0.1) is 22.3 Å². The molecule has 166 valence electrons. The van der Waals surface area contributed by atoms with E-state index in [1.54, 1.807) is 17.3 Å². The highest BCUT2D eigenvalue weighted by Gasteiger charge is 2.44. The number of hydrogen-bond donors (Lipinski definition) is 2. The van der Waals surface area contributed by atoms with Crippen molar-refractivity contribution in [1.29, 1.82) is 0 Å². The zero-order valence-corrected chi connectivity index (χ0v) is 18.8. The monoisotopic (exact) mass is 466 g/mol. The summed E-state index contributed by atoms with van der Waals surface area (Å²) < 4.78 is 15.0. The minimum Gasteiger partial charge on any atom is -0.347 e. The third-order valence-electron chi connectivity index (χ3n) is 6.64. The molecule has 9 heteroatoms. The maximum atomic E-state index is 15.0. The number of hydrogen-bond acceptors (Lipinski definition) is 3. The van der Waals surface area contributed by atoms with E-state index >= 15 is 0 Å². The summed E-state index contributed by atoms with van der Waals surface area (Å²) in [6, 6.07) is 1.43. The van der Waals surface area contributed by atoms with Crippen LogP contribution in [-0.4, -0.2) is 33.0 Å². The first-order chi connectivity index (χ1) is 14.8. The number of carbonyl (C=O) groups is 2. The second-order valence-corrected chi connectivity index (χ2v) is 9.53. The Labute approximate surface area is 190 Å². The summed E-state index contributed by atoms with van der Waals surface area (Å²) in [6.45, 7) is 2.34. The van der Waals surface area contributed by atoms with Crippen molar-refractivity contribution in [1.82, 2.24) is 20.4 Å². The highest BCUT2D eigenvalue weighted by atomic mass is 35.5. The van der Waals surface area contributed by atoms with Gasteiger partial charge < -0.3 is 10.2 Å². The molecular weight excluding hydrogens is 442 g/mol. The van der Waals surface area contributed by atoms with Crippen LogP contribution in [0.1, 0.15) is 62.6 Å². The number of amides is 2. The lowest BCUT2D eigenvalue weighted by Gasteiger charge is -2.37. The normalized spacial score (nSPS) is 21.5. The van der Waals surface area contributed by atoms with Gasteiger partial charge in [-0.2, -0.15) is 5.10 Å². The summed E-state index contributed by atoms with van der Waals surface area (Å²) in [5.41, 5.74) is 0.678. The summed E-state index contributed by atoms with van der Waals surface area (Å²) >= 11 is 12.6. The summed E-state index contributed by atoms with van der Waals surface area (Å²) in [5.74, 6) is -0.884. The molecule has 2 heterocycles. The molecule has 1 unspecified atom stereocenters. The van der Waals surface area contributed by atoms with Crippen molar-refractivity contribution in [2.24, 2.45) is 5.41 Å². The molecule has 31 heavy (non-hydrogen) atoms. The third kappa shape index (κ3) is 4.30. The molecule has 2 aromatic rings. The molecule has 1 aromatic heterocycles. The SMILES string of the molecule is CC1(C(NC(=O)[C@H]2CCC(=O)N2Cc2cn[nH]c2)c2c(F)ccc(Cl)c2Cl)CCCC1. The Bertz CT molecular complexity index is 976. The zero-order valence-electron chi connectivity index (χ0n) is 17.3. The largest absolute Gasteiger partial charge is 0.347 e. The lowest BCUT2D eigenvalue weighted by molar-refractivity contribution is -0.136. The van der Waals surface area contributed by atoms with Crippen LogP contribution in [0.5, 0.6) is 0 Å². The third-order valence-corrected chi connectivity index (χ3v) is 7.45. The topological polar surface area (TPSA) is 78.1 Å². The minimum absolute atomic E-state index is 0.0862. The second kappa shape index (κ2) is 8.79. The molecule has 4 rings (SSSR count). The van der Waals surface area contributed by atoms with Gasteiger partial charge in [-0.25, -0.2) is 4.39 Å². The smallest absolute Gasteiger partial charge is 0.243 e. The fourth-order valence-electron chi connectivity index (χ4n) is 4.88. The molecule has 6 nitrogen and oxygen atoms in total. The first-order valence-electron chi connectivity index (χ1n) is 10.5. The van der Waals surface area contributed by atoms with Crippen molar-refractivity contribution in [3.8, 4) is 0 Å². The number of H-pyrrole nitrogens is 1. The van der Waals surface area contributed by atoms with Crippen LogP contribution < -0.4 is 5.32 Å². The van der Waals surface area contributed by atoms with Gasteiger partial charge in [0.1, 0.15) is 11.9 Å². The molecule has 1 aliphatic heterocycles. The summed E-state index contributed by atoms with van der Waals surface area (Å²) in [6.07, 6.45) is 7.70. The van der Waals surface area contributed by atoms with E-state index in [9.17, 15) is 14.0 Å². The number of nitrogens with one attached hydrogen (secondary N) is 2. The van der Waals surface area contributed by atoms with Gasteiger partial charge in [-0.1, -0.05) is 43.0 Å². The van der Waals surface area contributed by atoms with E-state index < -0.39 is 17.9 Å². The molecule has 0 bridgehead atoms. The van der Waals surface area contributed by atoms with Gasteiger partial charge in [-0.05, 0) is 36.8 Å². The van der Waals surface area contributed by atoms with Gasteiger partial charge >= 0.3 is 0 Å². The van der Waals surface area contributed by atoms with E-state index in [-0.39, 0.29) is 32.8 Å². The molecular formula is C22H25Cl2FN4O2. The van der Waals surface area contributed by atoms with Gasteiger partial charge in [0.25, 0.3) is 0 Å². The van der Waals surface area contributed by atoms with Crippen LogP contribution in [0.4, 0.5) is 4.39 Å². The number of halogens is 3. The van der Waals surface area contributed by atoms with E-state index in [4.69, 9.17) is 23.2 Å². The number of benzene rings is 1. The van der Waals surface area contributed by atoms with E-state index in [0.717, 1.165) is 31.2 Å². The quantitative estimate of drug-likeness (QED) is 0.600. The van der Waals surface area contributed by atoms with Crippen molar-refractivity contribution < 1.29 is 14.0 Å². The van der Waals surface area contributed by atoms with Crippen LogP contribution in [0.2, 0.25) is 10.0 Å². The summed E-state index contributed by atoms with van der Waals surface area (Å²) in [4.78, 5) is 27.4. The standard InChI is InChI=1S/C22H25Cl2FN4O2/c1-22(8-2-3-9-22)20(18-15(25)5-4-14(23)19(18)24)28-21(31)16-6-7-17(30)29(16)12-13-10-26-27-11-13/h4-5,10-11,16,20H,2-3,6-9,12H2,1H3,(H,26,27)(H,28,31)/t16-,20?/m1/s1. The second-order valence-electron chi connectivity index (χ2n) is 8.74. The first kappa shape index (κ1) is 22.1. The number of aromatic amines is 1. The number of nitrogens with zero attached hydrogens (tertiary/aromatic N) is 2. The van der Waals surface area contributed by atoms with Crippen LogP contribution >= 0.6 is 23.2 Å². The molecule has 1 aliphatic carbocycles. The minimum atomic E-state index is -0.639. The Morgan fingerprint density at radius 3 is 2.81 bits per heavy atom. The Morgan fingerprint density at radius 2 is 2.13 bits per heavy atom. The maximum Gasteiger partial charge on any atom is 0.243 e. The average Bonchev–Trinajstić information content (AvgIpc) is 3.48. The molecule has 2 aliphatic rings. The summed E-state index contributed by atoms with van der Waals surface area (Å²) in [7, 11) is 0. The van der Waals surface area contributed by atoms with Crippen LogP contribution in [0, 0.1) is 11.2 Å². The average molecular weight is 467 g/mol. The number of likely N-dealkylation sites (tertiary alicyclic amines) is 1. The Morgan fingerprint density at radius 1 is 1.39 bits per heavy atom. The Kier molecular flexibility index (Phi) is 6.26. The molecule has 0 spiro atoms. The van der Waals surface area contributed by atoms with Gasteiger partial charge in [-0.3, -0.25) is 14.7 Å². The lowest BCUT2D eigenvalue weighted by atomic mass is 9.76. The summed E-state index contributed by atoms with van der Waals surface area (Å²) in [5, 5.41) is 10.0. The Balaban J connectivity index is 1.63. The fourth-order valence-corrected chi connectivity index (χ4v) is 5.30. The van der Waals surface area contributed by atoms with E-state index in [2.05, 4.69) is 15.5 Å². The van der Waals surface area contributed by atoms with Crippen LogP contribution in [0.15, 0.2) is 24.5 Å². The van der Waals surface area contributed by atoms with Gasteiger partial charge in [0.2, 0.25) is 11.8 Å². The highest BCUT2D eigenvalue weighted by Crippen LogP contribution is 2.50. The van der Waals surface area contributed by atoms with Crippen molar-refractivity contribution in [3.05, 3.63) is 51.5 Å². The van der Waals surface area contributed by atoms with Crippen LogP contribution in [0.25, 0.3) is 0 Å². The maximum absolute atomic E-state index is 15.0. The van der Waals surface area contributed by atoms with E-state index in [1.807, 2.05) is 6.92 Å². The highest BCUT2D eigenvalue weighted by molar-refractivity contribution is 6.42. The van der Waals surface area contributed by atoms with Crippen molar-refractivity contribution in [2.45, 2.75) is 64.1 Å². The van der Waals surface area contributed by atoms with Gasteiger partial charge in [0.15, 0.2) is 0 Å². The molecule has 1 saturated carbocycles. The molecule has 0 radical (unpaired) electrons. The van der Waals surface area contributed by atoms with Gasteiger partial charge in [-0.15, -0.1) is 0 Å². The first-order valence-corrected chi connectivity index (χ1v) is 11.3. The lowest BCUT2D eigenvalue weighted by Crippen LogP contribution is -2.48. The van der Waals surface area contributed by atoms with E-state index in [1.165, 1.54) is 12.1 Å². The van der Waals surface area contributed by atoms with Crippen LogP contribution in [-0.2, 0) is 16.1 Å². The molecule has 2 atom stereocenters.